The number of nitrogens with one attached hydrogen (secondary N) is 1. The third-order valence-corrected chi connectivity index (χ3v) is 4.92. The summed E-state index contributed by atoms with van der Waals surface area (Å²) in [6, 6.07) is 3.65. The third-order valence-electron chi connectivity index (χ3n) is 4.92. The van der Waals surface area contributed by atoms with E-state index in [0.29, 0.717) is 24.8 Å². The Morgan fingerprint density at radius 2 is 1.68 bits per heavy atom. The van der Waals surface area contributed by atoms with E-state index in [4.69, 9.17) is 4.74 Å². The molecule has 8 heteroatoms. The smallest absolute Gasteiger partial charge is 0.374 e. The maximum Gasteiger partial charge on any atom is 0.416 e. The van der Waals surface area contributed by atoms with E-state index in [1.165, 1.54) is 12.1 Å². The highest BCUT2D eigenvalue weighted by Crippen LogP contribution is 2.34. The monoisotopic (exact) mass is 410 g/mol. The van der Waals surface area contributed by atoms with Crippen LogP contribution < -0.4 is 5.32 Å². The average Bonchev–Trinajstić information content (AvgIpc) is 2.58. The van der Waals surface area contributed by atoms with Crippen LogP contribution in [0.25, 0.3) is 0 Å². The van der Waals surface area contributed by atoms with E-state index in [1.54, 1.807) is 6.61 Å². The van der Waals surface area contributed by atoms with Crippen LogP contribution in [0.15, 0.2) is 24.3 Å². The molecule has 1 heterocycles. The standard InChI is InChI=1S/C20H26F6NO/c1-13(2)3-8-16(11-19(21,22)23)27-18-12-28-10-9-17(18)14-4-6-15(7-5-14)20(24,25)26/h4-7,10,13,16-18,27H,3,8-9,11-12H2,1-2H3. The molecule has 3 atom stereocenters. The van der Waals surface area contributed by atoms with Gasteiger partial charge in [0, 0.05) is 18.0 Å². The first-order valence-corrected chi connectivity index (χ1v) is 9.39. The zero-order chi connectivity index (χ0) is 20.9. The van der Waals surface area contributed by atoms with E-state index in [9.17, 15) is 26.3 Å². The number of halogens is 6. The molecule has 1 fully saturated rings. The Labute approximate surface area is 161 Å². The second-order valence-corrected chi connectivity index (χ2v) is 7.72. The fourth-order valence-corrected chi connectivity index (χ4v) is 3.44. The van der Waals surface area contributed by atoms with Gasteiger partial charge in [-0.15, -0.1) is 0 Å². The van der Waals surface area contributed by atoms with Crippen LogP contribution in [0.2, 0.25) is 0 Å². The molecule has 1 N–H and O–H groups in total. The van der Waals surface area contributed by atoms with Crippen LogP contribution in [-0.4, -0.2) is 24.9 Å². The highest BCUT2D eigenvalue weighted by Gasteiger charge is 2.36. The van der Waals surface area contributed by atoms with Crippen molar-refractivity contribution in [2.45, 2.75) is 69.9 Å². The minimum atomic E-state index is -4.42. The third kappa shape index (κ3) is 7.28. The molecule has 0 aromatic heterocycles. The van der Waals surface area contributed by atoms with Crippen molar-refractivity contribution in [1.29, 1.82) is 0 Å². The lowest BCUT2D eigenvalue weighted by Crippen LogP contribution is -2.48. The zero-order valence-electron chi connectivity index (χ0n) is 15.9. The summed E-state index contributed by atoms with van der Waals surface area (Å²) < 4.78 is 82.6. The van der Waals surface area contributed by atoms with Gasteiger partial charge >= 0.3 is 12.4 Å². The Hall–Kier alpha value is -1.28. The number of rotatable bonds is 7. The van der Waals surface area contributed by atoms with E-state index in [0.717, 1.165) is 12.1 Å². The van der Waals surface area contributed by atoms with Crippen molar-refractivity contribution in [1.82, 2.24) is 5.32 Å². The minimum Gasteiger partial charge on any atom is -0.374 e. The molecule has 3 unspecified atom stereocenters. The van der Waals surface area contributed by atoms with Gasteiger partial charge in [0.2, 0.25) is 0 Å². The zero-order valence-corrected chi connectivity index (χ0v) is 15.9. The largest absolute Gasteiger partial charge is 0.416 e. The lowest BCUT2D eigenvalue weighted by atomic mass is 9.86. The first kappa shape index (κ1) is 23.0. The van der Waals surface area contributed by atoms with Crippen LogP contribution in [0.1, 0.15) is 56.6 Å². The first-order chi connectivity index (χ1) is 13.0. The molecule has 2 rings (SSSR count). The highest BCUT2D eigenvalue weighted by atomic mass is 19.4. The van der Waals surface area contributed by atoms with Crippen LogP contribution in [0.4, 0.5) is 26.3 Å². The lowest BCUT2D eigenvalue weighted by Gasteiger charge is -2.36. The van der Waals surface area contributed by atoms with Crippen molar-refractivity contribution in [2.24, 2.45) is 5.92 Å². The fraction of sp³-hybridized carbons (Fsp3) is 0.650. The van der Waals surface area contributed by atoms with Crippen LogP contribution in [0.3, 0.4) is 0 Å². The van der Waals surface area contributed by atoms with Crippen molar-refractivity contribution >= 4 is 0 Å². The Morgan fingerprint density at radius 3 is 2.21 bits per heavy atom. The summed E-state index contributed by atoms with van der Waals surface area (Å²) in [6.45, 7) is 5.65. The van der Waals surface area contributed by atoms with E-state index in [1.807, 2.05) is 13.8 Å². The van der Waals surface area contributed by atoms with E-state index < -0.39 is 36.4 Å². The maximum absolute atomic E-state index is 13.0. The van der Waals surface area contributed by atoms with Crippen molar-refractivity contribution in [3.05, 3.63) is 42.0 Å². The van der Waals surface area contributed by atoms with Crippen molar-refractivity contribution in [3.63, 3.8) is 0 Å². The van der Waals surface area contributed by atoms with Gasteiger partial charge in [-0.25, -0.2) is 0 Å². The van der Waals surface area contributed by atoms with Gasteiger partial charge in [0.1, 0.15) is 0 Å². The number of ether oxygens (including phenoxy) is 1. The Bertz CT molecular complexity index is 596. The molecule has 1 saturated heterocycles. The van der Waals surface area contributed by atoms with Gasteiger partial charge in [0.25, 0.3) is 0 Å². The summed E-state index contributed by atoms with van der Waals surface area (Å²) in [5, 5.41) is 3.07. The van der Waals surface area contributed by atoms with Crippen LogP contribution >= 0.6 is 0 Å². The lowest BCUT2D eigenvalue weighted by molar-refractivity contribution is -0.141. The predicted octanol–water partition coefficient (Wildman–Crippen LogP) is 6.09. The van der Waals surface area contributed by atoms with Crippen molar-refractivity contribution in [2.75, 3.05) is 6.61 Å². The fourth-order valence-electron chi connectivity index (χ4n) is 3.44. The van der Waals surface area contributed by atoms with Crippen LogP contribution in [0, 0.1) is 12.5 Å². The van der Waals surface area contributed by atoms with E-state index in [-0.39, 0.29) is 18.4 Å². The number of benzene rings is 1. The summed E-state index contributed by atoms with van der Waals surface area (Å²) in [5.41, 5.74) is -0.0941. The number of alkyl halides is 6. The first-order valence-electron chi connectivity index (χ1n) is 9.39. The molecule has 0 spiro atoms. The molecule has 0 aliphatic carbocycles. The molecule has 1 aliphatic heterocycles. The van der Waals surface area contributed by atoms with Crippen molar-refractivity contribution in [3.8, 4) is 0 Å². The molecule has 2 nitrogen and oxygen atoms in total. The molecule has 28 heavy (non-hydrogen) atoms. The summed E-state index contributed by atoms with van der Waals surface area (Å²) >= 11 is 0. The number of hydrogen-bond acceptors (Lipinski definition) is 2. The quantitative estimate of drug-likeness (QED) is 0.550. The highest BCUT2D eigenvalue weighted by molar-refractivity contribution is 5.29. The van der Waals surface area contributed by atoms with Gasteiger partial charge in [-0.3, -0.25) is 0 Å². The van der Waals surface area contributed by atoms with Gasteiger partial charge < -0.3 is 10.1 Å². The van der Waals surface area contributed by atoms with Gasteiger partial charge in [-0.05, 0) is 42.9 Å². The van der Waals surface area contributed by atoms with Gasteiger partial charge in [-0.2, -0.15) is 26.3 Å². The van der Waals surface area contributed by atoms with E-state index in [2.05, 4.69) is 5.32 Å². The normalized spacial score (nSPS) is 22.5. The molecule has 1 radical (unpaired) electrons. The molecule has 1 aromatic rings. The SMILES string of the molecule is CC(C)CCC(CC(F)(F)F)NC1CO[CH]CC1c1ccc(C(F)(F)F)cc1. The Balaban J connectivity index is 2.13. The summed E-state index contributed by atoms with van der Waals surface area (Å²) in [7, 11) is 0. The summed E-state index contributed by atoms with van der Waals surface area (Å²) in [5.74, 6) is 0.0324. The molecule has 1 aromatic carbocycles. The van der Waals surface area contributed by atoms with Gasteiger partial charge in [0.05, 0.1) is 25.2 Å². The Morgan fingerprint density at radius 1 is 1.04 bits per heavy atom. The topological polar surface area (TPSA) is 21.3 Å². The average molecular weight is 410 g/mol. The predicted molar refractivity (Wildman–Crippen MR) is 94.5 cm³/mol. The second kappa shape index (κ2) is 9.48. The summed E-state index contributed by atoms with van der Waals surface area (Å²) in [6.07, 6.45) is -8.21. The Kier molecular flexibility index (Phi) is 7.79. The molecule has 0 saturated carbocycles. The molecule has 0 bridgehead atoms. The molecule has 0 amide bonds. The van der Waals surface area contributed by atoms with Crippen LogP contribution in [-0.2, 0) is 10.9 Å². The molecular weight excluding hydrogens is 384 g/mol. The van der Waals surface area contributed by atoms with Crippen molar-refractivity contribution < 1.29 is 31.1 Å². The second-order valence-electron chi connectivity index (χ2n) is 7.72. The molecule has 1 aliphatic rings. The molecular formula is C20H26F6NO. The minimum absolute atomic E-state index is 0.182. The summed E-state index contributed by atoms with van der Waals surface area (Å²) in [4.78, 5) is 0. The van der Waals surface area contributed by atoms with Crippen LogP contribution in [0.5, 0.6) is 0 Å². The molecule has 159 valence electrons. The van der Waals surface area contributed by atoms with Gasteiger partial charge in [-0.1, -0.05) is 26.0 Å². The van der Waals surface area contributed by atoms with Gasteiger partial charge in [0.15, 0.2) is 0 Å². The number of hydrogen-bond donors (Lipinski definition) is 1. The maximum atomic E-state index is 13.0. The van der Waals surface area contributed by atoms with E-state index >= 15 is 0 Å².